The SMILES string of the molecule is Cc1cc(C)c(Cl)c(C=C(F)C(=O)O)c1Cl. The van der Waals surface area contributed by atoms with Crippen molar-refractivity contribution < 1.29 is 14.3 Å². The predicted octanol–water partition coefficient (Wildman–Crippen LogP) is 4.01. The van der Waals surface area contributed by atoms with Gasteiger partial charge >= 0.3 is 5.97 Å². The molecule has 1 aromatic carbocycles. The maximum Gasteiger partial charge on any atom is 0.364 e. The molecule has 0 unspecified atom stereocenters. The van der Waals surface area contributed by atoms with Gasteiger partial charge in [-0.3, -0.25) is 0 Å². The van der Waals surface area contributed by atoms with Crippen molar-refractivity contribution in [3.63, 3.8) is 0 Å². The Kier molecular flexibility index (Phi) is 3.94. The number of aryl methyl sites for hydroxylation is 2. The van der Waals surface area contributed by atoms with Gasteiger partial charge in [-0.1, -0.05) is 29.3 Å². The molecule has 5 heteroatoms. The van der Waals surface area contributed by atoms with Gasteiger partial charge < -0.3 is 5.11 Å². The standard InChI is InChI=1S/C11H9Cl2FO2/c1-5-3-6(2)10(13)7(9(5)12)4-8(14)11(15)16/h3-4H,1-2H3,(H,15,16). The molecule has 0 spiro atoms. The molecular weight excluding hydrogens is 254 g/mol. The van der Waals surface area contributed by atoms with Crippen LogP contribution in [0.25, 0.3) is 6.08 Å². The molecule has 0 aliphatic rings. The maximum atomic E-state index is 13.0. The number of carbonyl (C=O) groups is 1. The largest absolute Gasteiger partial charge is 0.476 e. The van der Waals surface area contributed by atoms with Crippen LogP contribution in [0.3, 0.4) is 0 Å². The summed E-state index contributed by atoms with van der Waals surface area (Å²) in [5, 5.41) is 8.95. The highest BCUT2D eigenvalue weighted by molar-refractivity contribution is 6.38. The minimum absolute atomic E-state index is 0.195. The van der Waals surface area contributed by atoms with Crippen molar-refractivity contribution in [3.8, 4) is 0 Å². The van der Waals surface area contributed by atoms with Crippen molar-refractivity contribution >= 4 is 35.2 Å². The lowest BCUT2D eigenvalue weighted by Crippen LogP contribution is -1.95. The van der Waals surface area contributed by atoms with Gasteiger partial charge in [-0.15, -0.1) is 0 Å². The predicted molar refractivity (Wildman–Crippen MR) is 62.7 cm³/mol. The topological polar surface area (TPSA) is 37.3 Å². The van der Waals surface area contributed by atoms with Gasteiger partial charge in [0.2, 0.25) is 5.83 Å². The monoisotopic (exact) mass is 262 g/mol. The number of rotatable bonds is 2. The molecule has 0 radical (unpaired) electrons. The highest BCUT2D eigenvalue weighted by Crippen LogP contribution is 2.32. The molecule has 0 fully saturated rings. The smallest absolute Gasteiger partial charge is 0.364 e. The number of aliphatic carboxylic acids is 1. The highest BCUT2D eigenvalue weighted by Gasteiger charge is 2.13. The average molecular weight is 263 g/mol. The van der Waals surface area contributed by atoms with Crippen LogP contribution >= 0.6 is 23.2 Å². The molecule has 0 aromatic heterocycles. The van der Waals surface area contributed by atoms with Crippen molar-refractivity contribution in [1.29, 1.82) is 0 Å². The van der Waals surface area contributed by atoms with E-state index in [1.807, 2.05) is 0 Å². The second-order valence-electron chi connectivity index (χ2n) is 3.35. The second-order valence-corrected chi connectivity index (χ2v) is 4.11. The number of hydrogen-bond donors (Lipinski definition) is 1. The van der Waals surface area contributed by atoms with E-state index >= 15 is 0 Å². The molecule has 0 aliphatic heterocycles. The first-order chi connectivity index (χ1) is 7.34. The van der Waals surface area contributed by atoms with Crippen LogP contribution in [-0.4, -0.2) is 11.1 Å². The van der Waals surface area contributed by atoms with Crippen LogP contribution in [0.2, 0.25) is 10.0 Å². The van der Waals surface area contributed by atoms with Gasteiger partial charge in [0.05, 0.1) is 10.0 Å². The molecule has 1 N–H and O–H groups in total. The lowest BCUT2D eigenvalue weighted by molar-refractivity contribution is -0.134. The van der Waals surface area contributed by atoms with Crippen LogP contribution in [0.4, 0.5) is 4.39 Å². The average Bonchev–Trinajstić information content (AvgIpc) is 2.21. The minimum Gasteiger partial charge on any atom is -0.476 e. The quantitative estimate of drug-likeness (QED) is 0.818. The molecule has 0 bridgehead atoms. The van der Waals surface area contributed by atoms with Crippen LogP contribution < -0.4 is 0 Å². The fourth-order valence-corrected chi connectivity index (χ4v) is 1.74. The summed E-state index contributed by atoms with van der Waals surface area (Å²) in [5.41, 5.74) is 1.63. The van der Waals surface area contributed by atoms with E-state index in [0.29, 0.717) is 11.1 Å². The van der Waals surface area contributed by atoms with E-state index in [-0.39, 0.29) is 15.6 Å². The Hall–Kier alpha value is -1.06. The normalized spacial score (nSPS) is 11.7. The summed E-state index contributed by atoms with van der Waals surface area (Å²) in [6, 6.07) is 1.75. The first-order valence-electron chi connectivity index (χ1n) is 4.40. The summed E-state index contributed by atoms with van der Waals surface area (Å²) in [7, 11) is 0. The third-order valence-electron chi connectivity index (χ3n) is 2.07. The summed E-state index contributed by atoms with van der Waals surface area (Å²) in [6.45, 7) is 3.48. The number of carboxylic acid groups (broad SMARTS) is 1. The highest BCUT2D eigenvalue weighted by atomic mass is 35.5. The van der Waals surface area contributed by atoms with E-state index in [2.05, 4.69) is 0 Å². The zero-order chi connectivity index (χ0) is 12.5. The molecule has 1 rings (SSSR count). The second kappa shape index (κ2) is 4.85. The van der Waals surface area contributed by atoms with E-state index in [9.17, 15) is 9.18 Å². The van der Waals surface area contributed by atoms with Gasteiger partial charge in [0, 0.05) is 5.56 Å². The van der Waals surface area contributed by atoms with Crippen LogP contribution in [0.5, 0.6) is 0 Å². The minimum atomic E-state index is -1.65. The molecular formula is C11H9Cl2FO2. The Morgan fingerprint density at radius 3 is 2.12 bits per heavy atom. The summed E-state index contributed by atoms with van der Waals surface area (Å²) >= 11 is 11.9. The summed E-state index contributed by atoms with van der Waals surface area (Å²) < 4.78 is 13.0. The molecule has 0 saturated carbocycles. The first-order valence-corrected chi connectivity index (χ1v) is 5.16. The Morgan fingerprint density at radius 1 is 1.31 bits per heavy atom. The third kappa shape index (κ3) is 2.54. The Bertz CT molecular complexity index is 455. The van der Waals surface area contributed by atoms with Gasteiger partial charge in [0.15, 0.2) is 0 Å². The van der Waals surface area contributed by atoms with E-state index in [1.165, 1.54) is 0 Å². The molecule has 0 atom stereocenters. The van der Waals surface area contributed by atoms with Gasteiger partial charge in [-0.05, 0) is 31.1 Å². The molecule has 86 valence electrons. The fourth-order valence-electron chi connectivity index (χ4n) is 1.29. The van der Waals surface area contributed by atoms with Gasteiger partial charge in [-0.2, -0.15) is 4.39 Å². The van der Waals surface area contributed by atoms with Crippen molar-refractivity contribution in [2.24, 2.45) is 0 Å². The fraction of sp³-hybridized carbons (Fsp3) is 0.182. The Morgan fingerprint density at radius 2 is 1.75 bits per heavy atom. The maximum absolute atomic E-state index is 13.0. The molecule has 2 nitrogen and oxygen atoms in total. The van der Waals surface area contributed by atoms with E-state index in [4.69, 9.17) is 28.3 Å². The first kappa shape index (κ1) is 13.0. The Balaban J connectivity index is 3.44. The lowest BCUT2D eigenvalue weighted by atomic mass is 10.1. The molecule has 16 heavy (non-hydrogen) atoms. The van der Waals surface area contributed by atoms with Crippen molar-refractivity contribution in [2.75, 3.05) is 0 Å². The van der Waals surface area contributed by atoms with E-state index in [1.54, 1.807) is 19.9 Å². The Labute approximate surface area is 102 Å². The third-order valence-corrected chi connectivity index (χ3v) is 3.08. The number of hydrogen-bond acceptors (Lipinski definition) is 1. The zero-order valence-electron chi connectivity index (χ0n) is 8.64. The number of halogens is 3. The van der Waals surface area contributed by atoms with E-state index < -0.39 is 11.8 Å². The molecule has 0 heterocycles. The van der Waals surface area contributed by atoms with Crippen molar-refractivity contribution in [1.82, 2.24) is 0 Å². The summed E-state index contributed by atoms with van der Waals surface area (Å²) in [6.07, 6.45) is 0.826. The molecule has 0 aliphatic carbocycles. The van der Waals surface area contributed by atoms with E-state index in [0.717, 1.165) is 6.08 Å². The van der Waals surface area contributed by atoms with Crippen LogP contribution in [0.15, 0.2) is 11.9 Å². The summed E-state index contributed by atoms with van der Waals surface area (Å²) in [4.78, 5) is 10.4. The molecule has 1 aromatic rings. The zero-order valence-corrected chi connectivity index (χ0v) is 10.2. The van der Waals surface area contributed by atoms with Gasteiger partial charge in [0.1, 0.15) is 0 Å². The molecule has 0 amide bonds. The van der Waals surface area contributed by atoms with Gasteiger partial charge in [0.25, 0.3) is 0 Å². The lowest BCUT2D eigenvalue weighted by Gasteiger charge is -2.08. The molecule has 0 saturated heterocycles. The van der Waals surface area contributed by atoms with Crippen LogP contribution in [0, 0.1) is 13.8 Å². The van der Waals surface area contributed by atoms with Crippen molar-refractivity contribution in [2.45, 2.75) is 13.8 Å². The van der Waals surface area contributed by atoms with Gasteiger partial charge in [-0.25, -0.2) is 4.79 Å². The van der Waals surface area contributed by atoms with Crippen molar-refractivity contribution in [3.05, 3.63) is 38.6 Å². The summed E-state index contributed by atoms with van der Waals surface area (Å²) in [5.74, 6) is -2.94. The number of benzene rings is 1. The van der Waals surface area contributed by atoms with Crippen LogP contribution in [0.1, 0.15) is 16.7 Å². The van der Waals surface area contributed by atoms with Crippen LogP contribution in [-0.2, 0) is 4.79 Å². The number of carboxylic acids is 1.